The molecule has 0 aliphatic rings. The molecule has 1 aromatic rings. The summed E-state index contributed by atoms with van der Waals surface area (Å²) < 4.78 is 5.09. The molecule has 0 atom stereocenters. The summed E-state index contributed by atoms with van der Waals surface area (Å²) in [5.41, 5.74) is 1.58. The van der Waals surface area contributed by atoms with Crippen LogP contribution in [0.3, 0.4) is 0 Å². The monoisotopic (exact) mass is 266 g/mol. The van der Waals surface area contributed by atoms with Crippen LogP contribution in [0.1, 0.15) is 25.8 Å². The van der Waals surface area contributed by atoms with Gasteiger partial charge < -0.3 is 10.1 Å². The second-order valence-electron chi connectivity index (χ2n) is 5.07. The van der Waals surface area contributed by atoms with Crippen LogP contribution in [-0.2, 0) is 4.74 Å². The quantitative estimate of drug-likeness (QED) is 0.854. The van der Waals surface area contributed by atoms with Gasteiger partial charge in [0.1, 0.15) is 6.07 Å². The molecule has 4 heteroatoms. The lowest BCUT2D eigenvalue weighted by Crippen LogP contribution is -2.24. The van der Waals surface area contributed by atoms with E-state index in [9.17, 15) is 0 Å². The van der Waals surface area contributed by atoms with Crippen molar-refractivity contribution in [2.24, 2.45) is 5.41 Å². The summed E-state index contributed by atoms with van der Waals surface area (Å²) in [5, 5.41) is 12.6. The van der Waals surface area contributed by atoms with E-state index in [0.29, 0.717) is 10.6 Å². The third kappa shape index (κ3) is 4.56. The highest BCUT2D eigenvalue weighted by Gasteiger charge is 2.17. The predicted molar refractivity (Wildman–Crippen MR) is 74.9 cm³/mol. The zero-order chi connectivity index (χ0) is 13.6. The van der Waals surface area contributed by atoms with Gasteiger partial charge in [0, 0.05) is 25.9 Å². The first-order valence-electron chi connectivity index (χ1n) is 5.91. The lowest BCUT2D eigenvalue weighted by atomic mass is 9.89. The molecule has 0 unspecified atom stereocenters. The number of nitrogens with zero attached hydrogens (tertiary/aromatic N) is 1. The number of hydrogen-bond donors (Lipinski definition) is 1. The number of halogens is 1. The zero-order valence-corrected chi connectivity index (χ0v) is 11.8. The van der Waals surface area contributed by atoms with Gasteiger partial charge in [-0.05, 0) is 30.0 Å². The molecule has 0 radical (unpaired) electrons. The fourth-order valence-corrected chi connectivity index (χ4v) is 1.75. The van der Waals surface area contributed by atoms with Crippen LogP contribution in [0.4, 0.5) is 5.69 Å². The Morgan fingerprint density at radius 2 is 2.17 bits per heavy atom. The van der Waals surface area contributed by atoms with Crippen LogP contribution in [-0.4, -0.2) is 20.3 Å². The summed E-state index contributed by atoms with van der Waals surface area (Å²) in [6.07, 6.45) is 0.987. The van der Waals surface area contributed by atoms with Crippen LogP contribution < -0.4 is 5.32 Å². The number of nitrogens with one attached hydrogen (secondary N) is 1. The molecule has 0 saturated carbocycles. The zero-order valence-electron chi connectivity index (χ0n) is 11.1. The molecular weight excluding hydrogens is 248 g/mol. The van der Waals surface area contributed by atoms with Crippen molar-refractivity contribution in [3.8, 4) is 6.07 Å². The minimum absolute atomic E-state index is 0.149. The van der Waals surface area contributed by atoms with Gasteiger partial charge in [0.15, 0.2) is 0 Å². The van der Waals surface area contributed by atoms with E-state index in [1.165, 1.54) is 0 Å². The Labute approximate surface area is 114 Å². The number of nitriles is 1. The number of methoxy groups -OCH3 is 1. The van der Waals surface area contributed by atoms with Gasteiger partial charge >= 0.3 is 0 Å². The van der Waals surface area contributed by atoms with E-state index in [1.54, 1.807) is 19.2 Å². The normalized spacial score (nSPS) is 11.1. The molecule has 0 fully saturated rings. The molecule has 0 heterocycles. The Kier molecular flexibility index (Phi) is 5.46. The Morgan fingerprint density at radius 1 is 1.44 bits per heavy atom. The molecule has 18 heavy (non-hydrogen) atoms. The van der Waals surface area contributed by atoms with Crippen LogP contribution in [0.15, 0.2) is 18.2 Å². The third-order valence-corrected chi connectivity index (χ3v) is 3.16. The highest BCUT2D eigenvalue weighted by molar-refractivity contribution is 6.32. The molecule has 0 aliphatic heterocycles. The molecule has 0 spiro atoms. The van der Waals surface area contributed by atoms with E-state index >= 15 is 0 Å². The Morgan fingerprint density at radius 3 is 2.72 bits per heavy atom. The van der Waals surface area contributed by atoms with Crippen LogP contribution in [0.2, 0.25) is 5.02 Å². The SMILES string of the molecule is COCCC(C)(C)CNc1ccc(C#N)c(Cl)c1. The van der Waals surface area contributed by atoms with Crippen LogP contribution in [0.25, 0.3) is 0 Å². The van der Waals surface area contributed by atoms with Gasteiger partial charge in [-0.1, -0.05) is 25.4 Å². The van der Waals surface area contributed by atoms with Crippen molar-refractivity contribution >= 4 is 17.3 Å². The molecule has 1 N–H and O–H groups in total. The molecule has 0 bridgehead atoms. The molecule has 0 saturated heterocycles. The number of hydrogen-bond acceptors (Lipinski definition) is 3. The van der Waals surface area contributed by atoms with Gasteiger partial charge in [0.05, 0.1) is 10.6 Å². The Bertz CT molecular complexity index is 438. The van der Waals surface area contributed by atoms with Gasteiger partial charge in [-0.2, -0.15) is 5.26 Å². The fourth-order valence-electron chi connectivity index (χ4n) is 1.52. The first-order valence-corrected chi connectivity index (χ1v) is 6.29. The number of ether oxygens (including phenoxy) is 1. The summed E-state index contributed by atoms with van der Waals surface area (Å²) >= 11 is 5.98. The maximum atomic E-state index is 8.80. The average Bonchev–Trinajstić information content (AvgIpc) is 2.34. The summed E-state index contributed by atoms with van der Waals surface area (Å²) in [6, 6.07) is 7.43. The van der Waals surface area contributed by atoms with Crippen molar-refractivity contribution < 1.29 is 4.74 Å². The van der Waals surface area contributed by atoms with Crippen molar-refractivity contribution in [1.82, 2.24) is 0 Å². The van der Waals surface area contributed by atoms with E-state index in [4.69, 9.17) is 21.6 Å². The van der Waals surface area contributed by atoms with Crippen LogP contribution in [0.5, 0.6) is 0 Å². The lowest BCUT2D eigenvalue weighted by molar-refractivity contribution is 0.157. The topological polar surface area (TPSA) is 45.0 Å². The molecule has 0 amide bonds. The van der Waals surface area contributed by atoms with Gasteiger partial charge in [-0.15, -0.1) is 0 Å². The summed E-state index contributed by atoms with van der Waals surface area (Å²) in [6.45, 7) is 5.95. The molecule has 0 aromatic heterocycles. The van der Waals surface area contributed by atoms with Crippen LogP contribution >= 0.6 is 11.6 Å². The molecule has 1 aromatic carbocycles. The van der Waals surface area contributed by atoms with Gasteiger partial charge in [0.25, 0.3) is 0 Å². The summed E-state index contributed by atoms with van der Waals surface area (Å²) in [7, 11) is 1.71. The first kappa shape index (κ1) is 14.8. The van der Waals surface area contributed by atoms with Crippen molar-refractivity contribution in [2.45, 2.75) is 20.3 Å². The molecule has 0 aliphatic carbocycles. The second-order valence-corrected chi connectivity index (χ2v) is 5.47. The highest BCUT2D eigenvalue weighted by Crippen LogP contribution is 2.24. The van der Waals surface area contributed by atoms with Crippen molar-refractivity contribution in [2.75, 3.05) is 25.6 Å². The third-order valence-electron chi connectivity index (χ3n) is 2.84. The molecule has 3 nitrogen and oxygen atoms in total. The van der Waals surface area contributed by atoms with Crippen LogP contribution in [0, 0.1) is 16.7 Å². The van der Waals surface area contributed by atoms with E-state index in [1.807, 2.05) is 12.1 Å². The Hall–Kier alpha value is -1.24. The molecule has 1 rings (SSSR count). The highest BCUT2D eigenvalue weighted by atomic mass is 35.5. The number of benzene rings is 1. The molecule has 98 valence electrons. The maximum Gasteiger partial charge on any atom is 0.101 e. The van der Waals surface area contributed by atoms with E-state index in [2.05, 4.69) is 19.2 Å². The van der Waals surface area contributed by atoms with Crippen molar-refractivity contribution in [3.05, 3.63) is 28.8 Å². The standard InChI is InChI=1S/C14H19ClN2O/c1-14(2,6-7-18-3)10-17-12-5-4-11(9-16)13(15)8-12/h4-5,8,17H,6-7,10H2,1-3H3. The lowest BCUT2D eigenvalue weighted by Gasteiger charge is -2.25. The smallest absolute Gasteiger partial charge is 0.101 e. The minimum Gasteiger partial charge on any atom is -0.385 e. The fraction of sp³-hybridized carbons (Fsp3) is 0.500. The predicted octanol–water partition coefficient (Wildman–Crippen LogP) is 3.69. The van der Waals surface area contributed by atoms with E-state index < -0.39 is 0 Å². The van der Waals surface area contributed by atoms with Crippen molar-refractivity contribution in [3.63, 3.8) is 0 Å². The summed E-state index contributed by atoms with van der Waals surface area (Å²) in [4.78, 5) is 0. The summed E-state index contributed by atoms with van der Waals surface area (Å²) in [5.74, 6) is 0. The Balaban J connectivity index is 2.58. The maximum absolute atomic E-state index is 8.80. The van der Waals surface area contributed by atoms with Crippen molar-refractivity contribution in [1.29, 1.82) is 5.26 Å². The van der Waals surface area contributed by atoms with E-state index in [-0.39, 0.29) is 5.41 Å². The van der Waals surface area contributed by atoms with Gasteiger partial charge in [0.2, 0.25) is 0 Å². The van der Waals surface area contributed by atoms with Gasteiger partial charge in [-0.3, -0.25) is 0 Å². The first-order chi connectivity index (χ1) is 8.48. The largest absolute Gasteiger partial charge is 0.385 e. The number of anilines is 1. The number of rotatable bonds is 6. The molecular formula is C14H19ClN2O. The van der Waals surface area contributed by atoms with E-state index in [0.717, 1.165) is 25.3 Å². The minimum atomic E-state index is 0.149. The van der Waals surface area contributed by atoms with Gasteiger partial charge in [-0.25, -0.2) is 0 Å². The second kappa shape index (κ2) is 6.63. The average molecular weight is 267 g/mol.